The molecule has 0 aromatic carbocycles. The highest BCUT2D eigenvalue weighted by atomic mass is 16.3. The highest BCUT2D eigenvalue weighted by Gasteiger charge is 2.63. The van der Waals surface area contributed by atoms with Gasteiger partial charge in [0, 0.05) is 0 Å². The predicted octanol–water partition coefficient (Wildman–Crippen LogP) is 5.47. The van der Waals surface area contributed by atoms with Crippen LogP contribution in [0.3, 0.4) is 0 Å². The molecule has 5 unspecified atom stereocenters. The zero-order valence-electron chi connectivity index (χ0n) is 19.9. The van der Waals surface area contributed by atoms with Crippen molar-refractivity contribution in [2.45, 2.75) is 116 Å². The van der Waals surface area contributed by atoms with E-state index in [1.165, 1.54) is 24.8 Å². The third kappa shape index (κ3) is 3.61. The summed E-state index contributed by atoms with van der Waals surface area (Å²) in [4.78, 5) is 0. The standard InChI is InChI=1S/C27H46O3/c1-17(2)7-6-12-27(5,30)24-9-8-20-19-16-23(29)22-15-18(28)10-13-25(22,3)21(19)11-14-26(20,24)4/h18-24,28-30H,1,6-16H2,2-5H3/t18-,19?,20?,21?,22?,23-,24?,25+,26-,27-/m0/s1. The van der Waals surface area contributed by atoms with Gasteiger partial charge in [-0.2, -0.15) is 0 Å². The molecule has 0 heterocycles. The fourth-order valence-electron chi connectivity index (χ4n) is 9.22. The fourth-order valence-corrected chi connectivity index (χ4v) is 9.22. The molecule has 30 heavy (non-hydrogen) atoms. The average molecular weight is 419 g/mol. The zero-order chi connectivity index (χ0) is 21.9. The number of rotatable bonds is 5. The van der Waals surface area contributed by atoms with Crippen molar-refractivity contribution in [1.29, 1.82) is 0 Å². The molecule has 4 aliphatic carbocycles. The number of hydrogen-bond acceptors (Lipinski definition) is 3. The molecule has 3 heteroatoms. The Labute approximate surface area is 184 Å². The predicted molar refractivity (Wildman–Crippen MR) is 122 cm³/mol. The topological polar surface area (TPSA) is 60.7 Å². The molecule has 0 aromatic rings. The van der Waals surface area contributed by atoms with Gasteiger partial charge < -0.3 is 15.3 Å². The van der Waals surface area contributed by atoms with Gasteiger partial charge in [-0.05, 0) is 125 Å². The molecule has 0 spiro atoms. The van der Waals surface area contributed by atoms with Crippen molar-refractivity contribution in [3.63, 3.8) is 0 Å². The van der Waals surface area contributed by atoms with E-state index in [1.807, 2.05) is 0 Å². The largest absolute Gasteiger partial charge is 0.393 e. The van der Waals surface area contributed by atoms with Crippen LogP contribution >= 0.6 is 0 Å². The molecule has 4 saturated carbocycles. The molecule has 0 aromatic heterocycles. The van der Waals surface area contributed by atoms with Crippen LogP contribution in [0.2, 0.25) is 0 Å². The van der Waals surface area contributed by atoms with Crippen LogP contribution in [-0.4, -0.2) is 33.1 Å². The number of fused-ring (bicyclic) bond motifs is 5. The van der Waals surface area contributed by atoms with Crippen LogP contribution in [0.15, 0.2) is 12.2 Å². The zero-order valence-corrected chi connectivity index (χ0v) is 19.9. The van der Waals surface area contributed by atoms with Gasteiger partial charge in [0.05, 0.1) is 17.8 Å². The van der Waals surface area contributed by atoms with Crippen LogP contribution in [0.5, 0.6) is 0 Å². The molecular formula is C27H46O3. The summed E-state index contributed by atoms with van der Waals surface area (Å²) in [6, 6.07) is 0. The lowest BCUT2D eigenvalue weighted by molar-refractivity contribution is -0.179. The molecule has 0 radical (unpaired) electrons. The molecule has 4 rings (SSSR count). The number of allylic oxidation sites excluding steroid dienone is 1. The van der Waals surface area contributed by atoms with Gasteiger partial charge in [-0.1, -0.05) is 19.4 Å². The van der Waals surface area contributed by atoms with Gasteiger partial charge in [0.2, 0.25) is 0 Å². The second-order valence-electron chi connectivity index (χ2n) is 12.6. The van der Waals surface area contributed by atoms with Crippen molar-refractivity contribution in [2.75, 3.05) is 0 Å². The van der Waals surface area contributed by atoms with E-state index in [4.69, 9.17) is 0 Å². The van der Waals surface area contributed by atoms with Crippen molar-refractivity contribution in [2.24, 2.45) is 40.4 Å². The van der Waals surface area contributed by atoms with E-state index < -0.39 is 5.60 Å². The van der Waals surface area contributed by atoms with Crippen LogP contribution in [0, 0.1) is 40.4 Å². The van der Waals surface area contributed by atoms with Crippen LogP contribution in [0.1, 0.15) is 98.3 Å². The molecule has 10 atom stereocenters. The Morgan fingerprint density at radius 3 is 2.33 bits per heavy atom. The van der Waals surface area contributed by atoms with Crippen LogP contribution in [0.25, 0.3) is 0 Å². The highest BCUT2D eigenvalue weighted by molar-refractivity contribution is 5.13. The Morgan fingerprint density at radius 1 is 0.967 bits per heavy atom. The molecule has 172 valence electrons. The van der Waals surface area contributed by atoms with Crippen LogP contribution < -0.4 is 0 Å². The molecular weight excluding hydrogens is 372 g/mol. The summed E-state index contributed by atoms with van der Waals surface area (Å²) in [7, 11) is 0. The van der Waals surface area contributed by atoms with Gasteiger partial charge >= 0.3 is 0 Å². The summed E-state index contributed by atoms with van der Waals surface area (Å²) in [6.45, 7) is 13.1. The Kier molecular flexibility index (Phi) is 5.99. The molecule has 4 aliphatic rings. The quantitative estimate of drug-likeness (QED) is 0.519. The first-order chi connectivity index (χ1) is 14.0. The summed E-state index contributed by atoms with van der Waals surface area (Å²) < 4.78 is 0. The number of hydrogen-bond donors (Lipinski definition) is 3. The monoisotopic (exact) mass is 418 g/mol. The highest BCUT2D eigenvalue weighted by Crippen LogP contribution is 2.68. The molecule has 3 nitrogen and oxygen atoms in total. The SMILES string of the molecule is C=C(C)CCC[C@](C)(O)C1CCC2C3C[C@H](O)C4C[C@@H](O)CC[C@]4(C)C3CC[C@@]21C. The summed E-state index contributed by atoms with van der Waals surface area (Å²) in [5, 5.41) is 32.9. The Morgan fingerprint density at radius 2 is 1.63 bits per heavy atom. The molecule has 0 aliphatic heterocycles. The van der Waals surface area contributed by atoms with E-state index in [1.54, 1.807) is 0 Å². The van der Waals surface area contributed by atoms with Gasteiger partial charge in [-0.3, -0.25) is 0 Å². The summed E-state index contributed by atoms with van der Waals surface area (Å²) >= 11 is 0. The molecule has 3 N–H and O–H groups in total. The van der Waals surface area contributed by atoms with Gasteiger partial charge in [0.1, 0.15) is 0 Å². The Balaban J connectivity index is 1.54. The lowest BCUT2D eigenvalue weighted by Crippen LogP contribution is -2.59. The summed E-state index contributed by atoms with van der Waals surface area (Å²) in [5.41, 5.74) is 0.953. The first-order valence-electron chi connectivity index (χ1n) is 12.7. The Bertz CT molecular complexity index is 656. The van der Waals surface area contributed by atoms with E-state index >= 15 is 0 Å². The van der Waals surface area contributed by atoms with E-state index in [2.05, 4.69) is 34.3 Å². The van der Waals surface area contributed by atoms with E-state index in [0.29, 0.717) is 23.7 Å². The van der Waals surface area contributed by atoms with Crippen LogP contribution in [0.4, 0.5) is 0 Å². The Hall–Kier alpha value is -0.380. The molecule has 0 bridgehead atoms. The normalized spacial score (nSPS) is 50.2. The first kappa shape index (κ1) is 22.8. The minimum atomic E-state index is -0.611. The first-order valence-corrected chi connectivity index (χ1v) is 12.7. The van der Waals surface area contributed by atoms with Gasteiger partial charge in [0.15, 0.2) is 0 Å². The summed E-state index contributed by atoms with van der Waals surface area (Å²) in [5.74, 6) is 2.48. The fraction of sp³-hybridized carbons (Fsp3) is 0.926. The minimum Gasteiger partial charge on any atom is -0.393 e. The smallest absolute Gasteiger partial charge is 0.0653 e. The number of aliphatic hydroxyl groups is 3. The molecule has 0 amide bonds. The third-order valence-corrected chi connectivity index (χ3v) is 10.7. The van der Waals surface area contributed by atoms with Crippen molar-refractivity contribution in [3.05, 3.63) is 12.2 Å². The summed E-state index contributed by atoms with van der Waals surface area (Å²) in [6.07, 6.45) is 10.8. The van der Waals surface area contributed by atoms with Crippen molar-refractivity contribution >= 4 is 0 Å². The van der Waals surface area contributed by atoms with Crippen LogP contribution in [-0.2, 0) is 0 Å². The molecule has 0 saturated heterocycles. The maximum absolute atomic E-state index is 11.5. The van der Waals surface area contributed by atoms with Gasteiger partial charge in [-0.25, -0.2) is 0 Å². The van der Waals surface area contributed by atoms with Gasteiger partial charge in [0.25, 0.3) is 0 Å². The third-order valence-electron chi connectivity index (χ3n) is 10.7. The lowest BCUT2D eigenvalue weighted by Gasteiger charge is -2.62. The van der Waals surface area contributed by atoms with Crippen molar-refractivity contribution in [3.8, 4) is 0 Å². The molecule has 4 fully saturated rings. The second-order valence-corrected chi connectivity index (χ2v) is 12.6. The van der Waals surface area contributed by atoms with E-state index in [9.17, 15) is 15.3 Å². The van der Waals surface area contributed by atoms with Crippen molar-refractivity contribution < 1.29 is 15.3 Å². The number of aliphatic hydroxyl groups excluding tert-OH is 2. The van der Waals surface area contributed by atoms with Gasteiger partial charge in [-0.15, -0.1) is 6.58 Å². The minimum absolute atomic E-state index is 0.172. The maximum atomic E-state index is 11.5. The average Bonchev–Trinajstić information content (AvgIpc) is 3.01. The lowest BCUT2D eigenvalue weighted by atomic mass is 9.43. The van der Waals surface area contributed by atoms with E-state index in [-0.39, 0.29) is 29.0 Å². The maximum Gasteiger partial charge on any atom is 0.0653 e. The van der Waals surface area contributed by atoms with Crippen molar-refractivity contribution in [1.82, 2.24) is 0 Å². The second kappa shape index (κ2) is 7.89. The van der Waals surface area contributed by atoms with E-state index in [0.717, 1.165) is 51.4 Å².